The number of halogens is 5. The Morgan fingerprint density at radius 3 is 2.50 bits per heavy atom. The lowest BCUT2D eigenvalue weighted by Crippen LogP contribution is -2.51. The summed E-state index contributed by atoms with van der Waals surface area (Å²) in [6.07, 6.45) is -1.94. The van der Waals surface area contributed by atoms with E-state index in [1.807, 2.05) is 6.08 Å². The summed E-state index contributed by atoms with van der Waals surface area (Å²) in [5.41, 5.74) is 0.297. The predicted octanol–water partition coefficient (Wildman–Crippen LogP) is 4.68. The van der Waals surface area contributed by atoms with Crippen molar-refractivity contribution in [3.8, 4) is 5.75 Å². The zero-order valence-corrected chi connectivity index (χ0v) is 27.7. The number of anilines is 2. The van der Waals surface area contributed by atoms with Crippen molar-refractivity contribution >= 4 is 46.1 Å². The molecule has 2 amide bonds. The van der Waals surface area contributed by atoms with E-state index >= 15 is 0 Å². The van der Waals surface area contributed by atoms with Gasteiger partial charge in [0.05, 0.1) is 35.1 Å². The van der Waals surface area contributed by atoms with E-state index in [4.69, 9.17) is 16.3 Å². The van der Waals surface area contributed by atoms with Crippen molar-refractivity contribution in [2.45, 2.75) is 39.4 Å². The number of alkyl halides is 3. The Kier molecular flexibility index (Phi) is 9.59. The highest BCUT2D eigenvalue weighted by Gasteiger charge is 2.32. The fourth-order valence-corrected chi connectivity index (χ4v) is 6.28. The van der Waals surface area contributed by atoms with Crippen molar-refractivity contribution in [2.24, 2.45) is 0 Å². The first-order valence-electron chi connectivity index (χ1n) is 15.8. The van der Waals surface area contributed by atoms with E-state index in [0.717, 1.165) is 22.2 Å². The maximum atomic E-state index is 14.2. The molecule has 0 atom stereocenters. The third-order valence-corrected chi connectivity index (χ3v) is 9.02. The highest BCUT2D eigenvalue weighted by Crippen LogP contribution is 2.32. The number of aromatic nitrogens is 4. The number of hydrogen-bond donors (Lipinski definition) is 2. The number of aromatic hydroxyl groups is 1. The third-order valence-electron chi connectivity index (χ3n) is 8.72. The zero-order valence-electron chi connectivity index (χ0n) is 27.0. The van der Waals surface area contributed by atoms with Gasteiger partial charge in [0, 0.05) is 31.9 Å². The molecule has 2 N–H and O–H groups in total. The molecule has 264 valence electrons. The largest absolute Gasteiger partial charge is 0.504 e. The van der Waals surface area contributed by atoms with Gasteiger partial charge in [0.15, 0.2) is 17.4 Å². The van der Waals surface area contributed by atoms with Gasteiger partial charge in [0.1, 0.15) is 12.2 Å². The molecule has 1 fully saturated rings. The summed E-state index contributed by atoms with van der Waals surface area (Å²) in [6.45, 7) is 4.29. The number of piperazine rings is 1. The van der Waals surface area contributed by atoms with Crippen LogP contribution in [0.3, 0.4) is 0 Å². The molecule has 0 aliphatic carbocycles. The van der Waals surface area contributed by atoms with Gasteiger partial charge in [0.2, 0.25) is 11.7 Å². The highest BCUT2D eigenvalue weighted by atomic mass is 35.5. The van der Waals surface area contributed by atoms with Crippen LogP contribution in [0.1, 0.15) is 46.3 Å². The standard InChI is InChI=1S/C33H32ClF4N7O5/c1-3-24-27(42-10-12-43(13-11-42)30(48)21-5-6-22(34)26(35)28(21)47)31(49)45-32(40-29(41-45)19-8-14-50-15-9-19)44(24)17-25(46)39-23-7-4-20(16-18(23)2)33(36,37)38/h4-8,16,47H,3,9-15,17H2,1-2H3,(H,39,46). The van der Waals surface area contributed by atoms with Crippen molar-refractivity contribution in [2.75, 3.05) is 49.6 Å². The molecule has 17 heteroatoms. The molecule has 4 heterocycles. The topological polar surface area (TPSA) is 134 Å². The van der Waals surface area contributed by atoms with Crippen molar-refractivity contribution in [1.82, 2.24) is 24.1 Å². The molecule has 4 aromatic rings. The molecule has 0 spiro atoms. The first-order chi connectivity index (χ1) is 23.8. The quantitative estimate of drug-likeness (QED) is 0.263. The number of benzene rings is 2. The maximum absolute atomic E-state index is 14.2. The number of phenols is 1. The number of phenolic OH excluding ortho intramolecular Hbond substituents is 1. The maximum Gasteiger partial charge on any atom is 0.416 e. The van der Waals surface area contributed by atoms with Gasteiger partial charge in [-0.25, -0.2) is 4.39 Å². The molecule has 6 rings (SSSR count). The molecule has 0 radical (unpaired) electrons. The lowest BCUT2D eigenvalue weighted by molar-refractivity contribution is -0.137. The van der Waals surface area contributed by atoms with Crippen molar-refractivity contribution in [3.63, 3.8) is 0 Å². The van der Waals surface area contributed by atoms with Crippen molar-refractivity contribution in [3.05, 3.63) is 85.8 Å². The summed E-state index contributed by atoms with van der Waals surface area (Å²) >= 11 is 5.73. The Morgan fingerprint density at radius 2 is 1.86 bits per heavy atom. The Labute approximate surface area is 287 Å². The average Bonchev–Trinajstić information content (AvgIpc) is 3.55. The molecular formula is C33H32ClF4N7O5. The van der Waals surface area contributed by atoms with E-state index < -0.39 is 40.7 Å². The Balaban J connectivity index is 1.34. The van der Waals surface area contributed by atoms with Crippen LogP contribution >= 0.6 is 11.6 Å². The Morgan fingerprint density at radius 1 is 1.12 bits per heavy atom. The SMILES string of the molecule is CCc1c(N2CCN(C(=O)c3ccc(Cl)c(F)c3O)CC2)c(=O)n2nc(C3=CCOCC3)nc2n1CC(=O)Nc1ccc(C(F)(F)F)cc1C. The lowest BCUT2D eigenvalue weighted by Gasteiger charge is -2.37. The van der Waals surface area contributed by atoms with Crippen molar-refractivity contribution in [1.29, 1.82) is 0 Å². The minimum atomic E-state index is -4.54. The number of amides is 2. The van der Waals surface area contributed by atoms with Gasteiger partial charge >= 0.3 is 6.18 Å². The minimum absolute atomic E-state index is 0.103. The normalized spacial score (nSPS) is 15.4. The zero-order chi connectivity index (χ0) is 35.9. The number of nitrogens with zero attached hydrogens (tertiary/aromatic N) is 6. The number of ether oxygens (including phenoxy) is 1. The predicted molar refractivity (Wildman–Crippen MR) is 176 cm³/mol. The summed E-state index contributed by atoms with van der Waals surface area (Å²) in [5, 5.41) is 17.1. The first kappa shape index (κ1) is 34.9. The number of carbonyl (C=O) groups excluding carboxylic acids is 2. The molecular weight excluding hydrogens is 686 g/mol. The van der Waals surface area contributed by atoms with Crippen LogP contribution in [0.15, 0.2) is 41.2 Å². The van der Waals surface area contributed by atoms with Crippen LogP contribution in [0, 0.1) is 12.7 Å². The third kappa shape index (κ3) is 6.64. The van der Waals surface area contributed by atoms with E-state index in [2.05, 4.69) is 15.4 Å². The van der Waals surface area contributed by atoms with E-state index in [-0.39, 0.29) is 72.4 Å². The smallest absolute Gasteiger partial charge is 0.416 e. The van der Waals surface area contributed by atoms with Crippen LogP contribution in [-0.4, -0.2) is 80.4 Å². The number of fused-ring (bicyclic) bond motifs is 1. The monoisotopic (exact) mass is 717 g/mol. The van der Waals surface area contributed by atoms with Crippen LogP contribution in [-0.2, 0) is 28.7 Å². The molecule has 2 aromatic heterocycles. The van der Waals surface area contributed by atoms with Gasteiger partial charge in [0.25, 0.3) is 11.5 Å². The van der Waals surface area contributed by atoms with Crippen molar-refractivity contribution < 1.29 is 37.0 Å². The second kappa shape index (κ2) is 13.7. The van der Waals surface area contributed by atoms with Crippen LogP contribution in [0.2, 0.25) is 5.02 Å². The molecule has 12 nitrogen and oxygen atoms in total. The summed E-state index contributed by atoms with van der Waals surface area (Å²) in [4.78, 5) is 48.7. The molecule has 50 heavy (non-hydrogen) atoms. The Bertz CT molecular complexity index is 2090. The summed E-state index contributed by atoms with van der Waals surface area (Å²) in [5.74, 6) is -2.73. The lowest BCUT2D eigenvalue weighted by atomic mass is 10.1. The van der Waals surface area contributed by atoms with Gasteiger partial charge in [-0.05, 0) is 61.2 Å². The molecule has 2 aromatic carbocycles. The second-order valence-electron chi connectivity index (χ2n) is 11.9. The average molecular weight is 718 g/mol. The number of aryl methyl sites for hydroxylation is 1. The van der Waals surface area contributed by atoms with E-state index in [0.29, 0.717) is 31.2 Å². The van der Waals surface area contributed by atoms with E-state index in [9.17, 15) is 37.1 Å². The van der Waals surface area contributed by atoms with Crippen LogP contribution in [0.25, 0.3) is 11.4 Å². The van der Waals surface area contributed by atoms with Crippen LogP contribution < -0.4 is 15.8 Å². The minimum Gasteiger partial charge on any atom is -0.504 e. The van der Waals surface area contributed by atoms with Gasteiger partial charge < -0.3 is 29.5 Å². The summed E-state index contributed by atoms with van der Waals surface area (Å²) in [7, 11) is 0. The van der Waals surface area contributed by atoms with Gasteiger partial charge in [-0.1, -0.05) is 24.6 Å². The number of carbonyl (C=O) groups is 2. The fourth-order valence-electron chi connectivity index (χ4n) is 6.13. The summed E-state index contributed by atoms with van der Waals surface area (Å²) in [6, 6.07) is 5.45. The molecule has 0 bridgehead atoms. The number of rotatable bonds is 7. The number of nitrogens with one attached hydrogen (secondary N) is 1. The van der Waals surface area contributed by atoms with Crippen LogP contribution in [0.5, 0.6) is 5.75 Å². The van der Waals surface area contributed by atoms with Gasteiger partial charge in [-0.2, -0.15) is 22.7 Å². The molecule has 0 saturated carbocycles. The molecule has 0 unspecified atom stereocenters. The Hall–Kier alpha value is -4.96. The molecule has 2 aliphatic heterocycles. The number of hydrogen-bond acceptors (Lipinski definition) is 8. The first-order valence-corrected chi connectivity index (χ1v) is 16.1. The summed E-state index contributed by atoms with van der Waals surface area (Å²) < 4.78 is 62.0. The van der Waals surface area contributed by atoms with Gasteiger partial charge in [-0.15, -0.1) is 5.10 Å². The van der Waals surface area contributed by atoms with Crippen LogP contribution in [0.4, 0.5) is 28.9 Å². The van der Waals surface area contributed by atoms with Gasteiger partial charge in [-0.3, -0.25) is 14.4 Å². The molecule has 2 aliphatic rings. The fraction of sp³-hybridized carbons (Fsp3) is 0.364. The van der Waals surface area contributed by atoms with E-state index in [1.165, 1.54) is 30.0 Å². The molecule has 1 saturated heterocycles. The van der Waals surface area contributed by atoms with E-state index in [1.54, 1.807) is 16.4 Å². The highest BCUT2D eigenvalue weighted by molar-refractivity contribution is 6.31. The second-order valence-corrected chi connectivity index (χ2v) is 12.3.